The molecule has 0 bridgehead atoms. The van der Waals surface area contributed by atoms with Crippen molar-refractivity contribution in [1.82, 2.24) is 0 Å². The molecule has 0 amide bonds. The SMILES string of the molecule is Fc1cc(CCl)cc(F)c1OCC1Cc2ccccc21. The number of alkyl halides is 1. The van der Waals surface area contributed by atoms with Crippen LogP contribution in [0.1, 0.15) is 22.6 Å². The second kappa shape index (κ2) is 5.41. The molecule has 1 nitrogen and oxygen atoms in total. The van der Waals surface area contributed by atoms with Gasteiger partial charge in [0.2, 0.25) is 0 Å². The number of hydrogen-bond donors (Lipinski definition) is 0. The van der Waals surface area contributed by atoms with E-state index in [9.17, 15) is 8.78 Å². The second-order valence-corrected chi connectivity index (χ2v) is 5.20. The number of ether oxygens (including phenoxy) is 1. The molecule has 3 rings (SSSR count). The first-order valence-corrected chi connectivity index (χ1v) is 6.97. The zero-order chi connectivity index (χ0) is 14.1. The first-order chi connectivity index (χ1) is 9.69. The summed E-state index contributed by atoms with van der Waals surface area (Å²) in [4.78, 5) is 0. The smallest absolute Gasteiger partial charge is 0.190 e. The lowest BCUT2D eigenvalue weighted by molar-refractivity contribution is 0.251. The summed E-state index contributed by atoms with van der Waals surface area (Å²) in [5, 5.41) is 0. The summed E-state index contributed by atoms with van der Waals surface area (Å²) in [5.74, 6) is -1.44. The molecule has 104 valence electrons. The summed E-state index contributed by atoms with van der Waals surface area (Å²) in [6, 6.07) is 10.4. The van der Waals surface area contributed by atoms with E-state index in [1.54, 1.807) is 0 Å². The minimum Gasteiger partial charge on any atom is -0.487 e. The lowest BCUT2D eigenvalue weighted by atomic mass is 9.78. The molecule has 0 heterocycles. The topological polar surface area (TPSA) is 9.23 Å². The number of rotatable bonds is 4. The van der Waals surface area contributed by atoms with Crippen molar-refractivity contribution in [3.8, 4) is 5.75 Å². The molecule has 0 aromatic heterocycles. The molecule has 20 heavy (non-hydrogen) atoms. The van der Waals surface area contributed by atoms with Gasteiger partial charge in [-0.1, -0.05) is 24.3 Å². The van der Waals surface area contributed by atoms with Crippen molar-refractivity contribution in [2.45, 2.75) is 18.2 Å². The van der Waals surface area contributed by atoms with Crippen molar-refractivity contribution in [2.75, 3.05) is 6.61 Å². The lowest BCUT2D eigenvalue weighted by Crippen LogP contribution is -2.23. The number of benzene rings is 2. The summed E-state index contributed by atoms with van der Waals surface area (Å²) < 4.78 is 32.8. The minimum absolute atomic E-state index is 0.0735. The van der Waals surface area contributed by atoms with Crippen LogP contribution in [0.3, 0.4) is 0 Å². The molecule has 1 aliphatic carbocycles. The van der Waals surface area contributed by atoms with Gasteiger partial charge >= 0.3 is 0 Å². The zero-order valence-electron chi connectivity index (χ0n) is 10.7. The molecule has 4 heteroatoms. The maximum Gasteiger partial charge on any atom is 0.190 e. The van der Waals surface area contributed by atoms with E-state index in [1.807, 2.05) is 18.2 Å². The first kappa shape index (κ1) is 13.4. The van der Waals surface area contributed by atoms with Crippen LogP contribution in [0.5, 0.6) is 5.75 Å². The number of fused-ring (bicyclic) bond motifs is 1. The average Bonchev–Trinajstić information content (AvgIpc) is 2.42. The highest BCUT2D eigenvalue weighted by Crippen LogP contribution is 2.35. The van der Waals surface area contributed by atoms with Crippen LogP contribution in [0, 0.1) is 11.6 Å². The highest BCUT2D eigenvalue weighted by Gasteiger charge is 2.26. The first-order valence-electron chi connectivity index (χ1n) is 6.43. The summed E-state index contributed by atoms with van der Waals surface area (Å²) in [5.41, 5.74) is 2.88. The highest BCUT2D eigenvalue weighted by molar-refractivity contribution is 6.17. The molecule has 0 spiro atoms. The average molecular weight is 295 g/mol. The standard InChI is InChI=1S/C16H13ClF2O/c17-8-10-5-14(18)16(15(19)6-10)20-9-12-7-11-3-1-2-4-13(11)12/h1-6,12H,7-9H2. The Balaban J connectivity index is 1.71. The molecule has 0 N–H and O–H groups in total. The van der Waals surface area contributed by atoms with Crippen LogP contribution in [0.15, 0.2) is 36.4 Å². The van der Waals surface area contributed by atoms with Crippen molar-refractivity contribution in [3.63, 3.8) is 0 Å². The Morgan fingerprint density at radius 2 is 1.85 bits per heavy atom. The predicted octanol–water partition coefficient (Wildman–Crippen LogP) is 4.42. The van der Waals surface area contributed by atoms with Crippen molar-refractivity contribution < 1.29 is 13.5 Å². The van der Waals surface area contributed by atoms with Gasteiger partial charge in [-0.05, 0) is 35.2 Å². The molecular formula is C16H13ClF2O. The van der Waals surface area contributed by atoms with E-state index in [0.717, 1.165) is 6.42 Å². The third-order valence-electron chi connectivity index (χ3n) is 3.60. The van der Waals surface area contributed by atoms with Crippen molar-refractivity contribution in [3.05, 3.63) is 64.7 Å². The summed E-state index contributed by atoms with van der Waals surface area (Å²) >= 11 is 5.56. The van der Waals surface area contributed by atoms with Gasteiger partial charge in [-0.2, -0.15) is 0 Å². The largest absolute Gasteiger partial charge is 0.487 e. The van der Waals surface area contributed by atoms with E-state index in [2.05, 4.69) is 6.07 Å². The molecular weight excluding hydrogens is 282 g/mol. The third kappa shape index (κ3) is 2.38. The van der Waals surface area contributed by atoms with E-state index >= 15 is 0 Å². The Labute approximate surface area is 121 Å². The van der Waals surface area contributed by atoms with Gasteiger partial charge < -0.3 is 4.74 Å². The van der Waals surface area contributed by atoms with Gasteiger partial charge in [-0.25, -0.2) is 8.78 Å². The maximum atomic E-state index is 13.7. The number of halogens is 3. The normalized spacial score (nSPS) is 16.4. The predicted molar refractivity (Wildman–Crippen MR) is 74.3 cm³/mol. The van der Waals surface area contributed by atoms with E-state index < -0.39 is 11.6 Å². The zero-order valence-corrected chi connectivity index (χ0v) is 11.5. The Morgan fingerprint density at radius 3 is 2.50 bits per heavy atom. The third-order valence-corrected chi connectivity index (χ3v) is 3.91. The molecule has 1 aliphatic rings. The lowest BCUT2D eigenvalue weighted by Gasteiger charge is -2.29. The fraction of sp³-hybridized carbons (Fsp3) is 0.250. The van der Waals surface area contributed by atoms with E-state index in [1.165, 1.54) is 23.3 Å². The molecule has 0 saturated heterocycles. The summed E-state index contributed by atoms with van der Waals surface area (Å²) in [7, 11) is 0. The Kier molecular flexibility index (Phi) is 3.62. The van der Waals surface area contributed by atoms with Crippen LogP contribution >= 0.6 is 11.6 Å². The van der Waals surface area contributed by atoms with E-state index in [0.29, 0.717) is 5.56 Å². The van der Waals surface area contributed by atoms with Gasteiger partial charge in [0.25, 0.3) is 0 Å². The molecule has 0 saturated carbocycles. The Bertz CT molecular complexity index is 619. The molecule has 2 aromatic carbocycles. The van der Waals surface area contributed by atoms with E-state index in [4.69, 9.17) is 16.3 Å². The van der Waals surface area contributed by atoms with Crippen LogP contribution in [-0.4, -0.2) is 6.61 Å². The molecule has 2 aromatic rings. The fourth-order valence-corrected chi connectivity index (χ4v) is 2.68. The molecule has 0 fully saturated rings. The summed E-state index contributed by atoms with van der Waals surface area (Å²) in [6.45, 7) is 0.283. The monoisotopic (exact) mass is 294 g/mol. The summed E-state index contributed by atoms with van der Waals surface area (Å²) in [6.07, 6.45) is 0.888. The highest BCUT2D eigenvalue weighted by atomic mass is 35.5. The van der Waals surface area contributed by atoms with Gasteiger partial charge in [0.1, 0.15) is 0 Å². The Morgan fingerprint density at radius 1 is 1.15 bits per heavy atom. The van der Waals surface area contributed by atoms with Crippen molar-refractivity contribution in [1.29, 1.82) is 0 Å². The van der Waals surface area contributed by atoms with Crippen LogP contribution in [-0.2, 0) is 12.3 Å². The number of hydrogen-bond acceptors (Lipinski definition) is 1. The molecule has 1 unspecified atom stereocenters. The van der Waals surface area contributed by atoms with Crippen molar-refractivity contribution in [2.24, 2.45) is 0 Å². The Hall–Kier alpha value is -1.61. The van der Waals surface area contributed by atoms with Gasteiger partial charge in [0.05, 0.1) is 6.61 Å². The molecule has 1 atom stereocenters. The van der Waals surface area contributed by atoms with Crippen molar-refractivity contribution >= 4 is 11.6 Å². The van der Waals surface area contributed by atoms with Gasteiger partial charge in [-0.3, -0.25) is 0 Å². The van der Waals surface area contributed by atoms with Crippen LogP contribution in [0.4, 0.5) is 8.78 Å². The quantitative estimate of drug-likeness (QED) is 0.758. The minimum atomic E-state index is -0.701. The fourth-order valence-electron chi connectivity index (χ4n) is 2.52. The van der Waals surface area contributed by atoms with Gasteiger partial charge in [0.15, 0.2) is 17.4 Å². The van der Waals surface area contributed by atoms with Gasteiger partial charge in [0, 0.05) is 11.8 Å². The van der Waals surface area contributed by atoms with Crippen LogP contribution in [0.2, 0.25) is 0 Å². The van der Waals surface area contributed by atoms with E-state index in [-0.39, 0.29) is 24.2 Å². The van der Waals surface area contributed by atoms with Gasteiger partial charge in [-0.15, -0.1) is 11.6 Å². The van der Waals surface area contributed by atoms with Crippen LogP contribution < -0.4 is 4.74 Å². The second-order valence-electron chi connectivity index (χ2n) is 4.93. The maximum absolute atomic E-state index is 13.7. The molecule has 0 radical (unpaired) electrons. The van der Waals surface area contributed by atoms with Crippen LogP contribution in [0.25, 0.3) is 0 Å². The molecule has 0 aliphatic heterocycles.